The summed E-state index contributed by atoms with van der Waals surface area (Å²) in [5, 5.41) is 2.92. The Balaban J connectivity index is 2.26. The average molecular weight is 204 g/mol. The summed E-state index contributed by atoms with van der Waals surface area (Å²) < 4.78 is 0. The van der Waals surface area contributed by atoms with Gasteiger partial charge in [0.15, 0.2) is 0 Å². The van der Waals surface area contributed by atoms with Gasteiger partial charge in [0.2, 0.25) is 5.91 Å². The van der Waals surface area contributed by atoms with Gasteiger partial charge < -0.3 is 16.0 Å². The monoisotopic (exact) mass is 204 g/mol. The van der Waals surface area contributed by atoms with Crippen LogP contribution in [0.25, 0.3) is 11.0 Å². The Morgan fingerprint density at radius 1 is 1.60 bits per heavy atom. The van der Waals surface area contributed by atoms with Crippen molar-refractivity contribution in [3.63, 3.8) is 0 Å². The maximum Gasteiger partial charge on any atom is 0.236 e. The van der Waals surface area contributed by atoms with Gasteiger partial charge in [-0.25, -0.2) is 4.98 Å². The standard InChI is InChI=1S/C10H12N4O/c1-6-13-8-3-2-7(4-9(8)14-6)12-5-10(11)15/h2-4,12H,5H2,1H3,(H2,11,15)(H,13,14). The normalized spacial score (nSPS) is 10.5. The molecule has 0 aliphatic rings. The highest BCUT2D eigenvalue weighted by atomic mass is 16.1. The van der Waals surface area contributed by atoms with Crippen LogP contribution in [-0.4, -0.2) is 22.4 Å². The van der Waals surface area contributed by atoms with Crippen LogP contribution in [0.5, 0.6) is 0 Å². The van der Waals surface area contributed by atoms with Gasteiger partial charge in [0, 0.05) is 5.69 Å². The molecule has 1 heterocycles. The average Bonchev–Trinajstić information content (AvgIpc) is 2.53. The topological polar surface area (TPSA) is 83.8 Å². The molecule has 0 aliphatic heterocycles. The van der Waals surface area contributed by atoms with E-state index in [9.17, 15) is 4.79 Å². The number of hydrogen-bond donors (Lipinski definition) is 3. The molecule has 15 heavy (non-hydrogen) atoms. The number of aromatic nitrogens is 2. The first-order valence-electron chi connectivity index (χ1n) is 4.64. The SMILES string of the molecule is Cc1nc2ccc(NCC(N)=O)cc2[nH]1. The maximum atomic E-state index is 10.6. The molecule has 5 heteroatoms. The summed E-state index contributed by atoms with van der Waals surface area (Å²) in [6, 6.07) is 5.66. The Hall–Kier alpha value is -2.04. The highest BCUT2D eigenvalue weighted by molar-refractivity contribution is 5.82. The minimum absolute atomic E-state index is 0.138. The van der Waals surface area contributed by atoms with Gasteiger partial charge in [-0.3, -0.25) is 4.79 Å². The van der Waals surface area contributed by atoms with Crippen molar-refractivity contribution in [1.29, 1.82) is 0 Å². The zero-order chi connectivity index (χ0) is 10.8. The lowest BCUT2D eigenvalue weighted by molar-refractivity contribution is -0.116. The van der Waals surface area contributed by atoms with Crippen molar-refractivity contribution >= 4 is 22.6 Å². The molecule has 0 saturated heterocycles. The number of aromatic amines is 1. The van der Waals surface area contributed by atoms with E-state index in [2.05, 4.69) is 15.3 Å². The first kappa shape index (κ1) is 9.51. The highest BCUT2D eigenvalue weighted by Crippen LogP contribution is 2.16. The summed E-state index contributed by atoms with van der Waals surface area (Å²) in [6.07, 6.45) is 0. The molecule has 78 valence electrons. The van der Waals surface area contributed by atoms with Crippen molar-refractivity contribution in [2.75, 3.05) is 11.9 Å². The molecule has 0 aliphatic carbocycles. The van der Waals surface area contributed by atoms with Crippen LogP contribution in [0.1, 0.15) is 5.82 Å². The summed E-state index contributed by atoms with van der Waals surface area (Å²) >= 11 is 0. The first-order chi connectivity index (χ1) is 7.15. The summed E-state index contributed by atoms with van der Waals surface area (Å²) in [7, 11) is 0. The van der Waals surface area contributed by atoms with Crippen molar-refractivity contribution in [2.45, 2.75) is 6.92 Å². The van der Waals surface area contributed by atoms with E-state index in [1.807, 2.05) is 25.1 Å². The number of H-pyrrole nitrogens is 1. The number of aryl methyl sites for hydroxylation is 1. The highest BCUT2D eigenvalue weighted by Gasteiger charge is 2.01. The molecule has 1 amide bonds. The van der Waals surface area contributed by atoms with Gasteiger partial charge in [0.25, 0.3) is 0 Å². The number of imidazole rings is 1. The Labute approximate surface area is 86.7 Å². The largest absolute Gasteiger partial charge is 0.376 e. The van der Waals surface area contributed by atoms with Gasteiger partial charge in [-0.05, 0) is 25.1 Å². The van der Waals surface area contributed by atoms with Crippen LogP contribution in [0.15, 0.2) is 18.2 Å². The second-order valence-electron chi connectivity index (χ2n) is 3.37. The van der Waals surface area contributed by atoms with E-state index in [0.717, 1.165) is 22.5 Å². The fourth-order valence-electron chi connectivity index (χ4n) is 1.44. The number of anilines is 1. The quantitative estimate of drug-likeness (QED) is 0.690. The number of carbonyl (C=O) groups is 1. The van der Waals surface area contributed by atoms with Gasteiger partial charge in [0.1, 0.15) is 5.82 Å². The van der Waals surface area contributed by atoms with Crippen molar-refractivity contribution in [2.24, 2.45) is 5.73 Å². The molecular weight excluding hydrogens is 192 g/mol. The van der Waals surface area contributed by atoms with Gasteiger partial charge >= 0.3 is 0 Å². The second-order valence-corrected chi connectivity index (χ2v) is 3.37. The third-order valence-corrected chi connectivity index (χ3v) is 2.07. The van der Waals surface area contributed by atoms with Crippen molar-refractivity contribution in [1.82, 2.24) is 9.97 Å². The number of rotatable bonds is 3. The number of fused-ring (bicyclic) bond motifs is 1. The molecular formula is C10H12N4O. The predicted octanol–water partition coefficient (Wildman–Crippen LogP) is 0.769. The fourth-order valence-corrected chi connectivity index (χ4v) is 1.44. The van der Waals surface area contributed by atoms with Crippen LogP contribution in [0, 0.1) is 6.92 Å². The van der Waals surface area contributed by atoms with Crippen LogP contribution in [0.3, 0.4) is 0 Å². The summed E-state index contributed by atoms with van der Waals surface area (Å²) in [4.78, 5) is 18.0. The Morgan fingerprint density at radius 3 is 3.13 bits per heavy atom. The smallest absolute Gasteiger partial charge is 0.236 e. The third kappa shape index (κ3) is 2.07. The molecule has 0 spiro atoms. The number of nitrogens with two attached hydrogens (primary N) is 1. The molecule has 0 atom stereocenters. The van der Waals surface area contributed by atoms with Crippen LogP contribution in [0.2, 0.25) is 0 Å². The van der Waals surface area contributed by atoms with E-state index >= 15 is 0 Å². The van der Waals surface area contributed by atoms with E-state index in [4.69, 9.17) is 5.73 Å². The number of amides is 1. The minimum atomic E-state index is -0.379. The first-order valence-corrected chi connectivity index (χ1v) is 4.64. The summed E-state index contributed by atoms with van der Waals surface area (Å²) in [5.41, 5.74) is 7.75. The molecule has 2 rings (SSSR count). The van der Waals surface area contributed by atoms with Gasteiger partial charge in [-0.15, -0.1) is 0 Å². The lowest BCUT2D eigenvalue weighted by Gasteiger charge is -2.02. The second kappa shape index (κ2) is 3.61. The number of carbonyl (C=O) groups excluding carboxylic acids is 1. The third-order valence-electron chi connectivity index (χ3n) is 2.07. The Morgan fingerprint density at radius 2 is 2.40 bits per heavy atom. The number of benzene rings is 1. The molecule has 0 bridgehead atoms. The van der Waals surface area contributed by atoms with E-state index in [0.29, 0.717) is 0 Å². The van der Waals surface area contributed by atoms with E-state index in [1.54, 1.807) is 0 Å². The Bertz CT molecular complexity index is 503. The van der Waals surface area contributed by atoms with Gasteiger partial charge in [0.05, 0.1) is 17.6 Å². The summed E-state index contributed by atoms with van der Waals surface area (Å²) in [6.45, 7) is 2.04. The maximum absolute atomic E-state index is 10.6. The van der Waals surface area contributed by atoms with Crippen LogP contribution < -0.4 is 11.1 Å². The fraction of sp³-hybridized carbons (Fsp3) is 0.200. The van der Waals surface area contributed by atoms with Gasteiger partial charge in [-0.2, -0.15) is 0 Å². The molecule has 0 fully saturated rings. The molecule has 0 unspecified atom stereocenters. The number of hydrogen-bond acceptors (Lipinski definition) is 3. The number of nitrogens with one attached hydrogen (secondary N) is 2. The minimum Gasteiger partial charge on any atom is -0.376 e. The zero-order valence-corrected chi connectivity index (χ0v) is 8.37. The Kier molecular flexibility index (Phi) is 2.29. The van der Waals surface area contributed by atoms with Crippen molar-refractivity contribution in [3.05, 3.63) is 24.0 Å². The molecule has 2 aromatic rings. The molecule has 0 saturated carbocycles. The van der Waals surface area contributed by atoms with Crippen molar-refractivity contribution < 1.29 is 4.79 Å². The molecule has 5 nitrogen and oxygen atoms in total. The molecule has 1 aromatic carbocycles. The van der Waals surface area contributed by atoms with Crippen LogP contribution in [0.4, 0.5) is 5.69 Å². The predicted molar refractivity (Wildman–Crippen MR) is 58.5 cm³/mol. The number of primary amides is 1. The van der Waals surface area contributed by atoms with E-state index < -0.39 is 0 Å². The zero-order valence-electron chi connectivity index (χ0n) is 8.37. The summed E-state index contributed by atoms with van der Waals surface area (Å²) in [5.74, 6) is 0.493. The molecule has 1 aromatic heterocycles. The van der Waals surface area contributed by atoms with Gasteiger partial charge in [-0.1, -0.05) is 0 Å². The lowest BCUT2D eigenvalue weighted by atomic mass is 10.3. The van der Waals surface area contributed by atoms with Crippen molar-refractivity contribution in [3.8, 4) is 0 Å². The lowest BCUT2D eigenvalue weighted by Crippen LogP contribution is -2.21. The van der Waals surface area contributed by atoms with Crippen LogP contribution in [-0.2, 0) is 4.79 Å². The van der Waals surface area contributed by atoms with E-state index in [-0.39, 0.29) is 12.5 Å². The molecule has 0 radical (unpaired) electrons. The van der Waals surface area contributed by atoms with Crippen LogP contribution >= 0.6 is 0 Å². The molecule has 4 N–H and O–H groups in total. The van der Waals surface area contributed by atoms with E-state index in [1.165, 1.54) is 0 Å². The number of nitrogens with zero attached hydrogens (tertiary/aromatic N) is 1.